The Morgan fingerprint density at radius 1 is 1.00 bits per heavy atom. The average Bonchev–Trinajstić information content (AvgIpc) is 2.48. The highest BCUT2D eigenvalue weighted by atomic mass is 16.5. The van der Waals surface area contributed by atoms with Gasteiger partial charge in [0.2, 0.25) is 0 Å². The van der Waals surface area contributed by atoms with E-state index in [0.717, 1.165) is 25.4 Å². The molecule has 0 saturated carbocycles. The van der Waals surface area contributed by atoms with E-state index in [1.807, 2.05) is 6.07 Å². The molecule has 0 atom stereocenters. The molecule has 0 aliphatic heterocycles. The number of para-hydroxylation sites is 1. The summed E-state index contributed by atoms with van der Waals surface area (Å²) >= 11 is 0. The molecular formula is C19H33NO. The lowest BCUT2D eigenvalue weighted by Gasteiger charge is -2.13. The molecule has 0 aliphatic carbocycles. The Balaban J connectivity index is 2.19. The molecular weight excluding hydrogens is 258 g/mol. The van der Waals surface area contributed by atoms with E-state index in [9.17, 15) is 0 Å². The standard InChI is InChI=1S/C19H33NO/c1-4-5-6-7-8-11-14-20-15-18-12-9-10-13-19(18)21-16-17(2)3/h9-10,12-13,17,20H,4-8,11,14-16H2,1-3H3. The molecule has 0 aliphatic rings. The molecule has 1 aromatic rings. The van der Waals surface area contributed by atoms with Crippen LogP contribution in [0.5, 0.6) is 5.75 Å². The second-order valence-electron chi connectivity index (χ2n) is 6.26. The molecule has 0 spiro atoms. The summed E-state index contributed by atoms with van der Waals surface area (Å²) in [6.07, 6.45) is 8.10. The Morgan fingerprint density at radius 2 is 1.71 bits per heavy atom. The van der Waals surface area contributed by atoms with E-state index < -0.39 is 0 Å². The van der Waals surface area contributed by atoms with Crippen LogP contribution in [0, 0.1) is 5.92 Å². The van der Waals surface area contributed by atoms with Gasteiger partial charge in [0.05, 0.1) is 6.61 Å². The first-order valence-corrected chi connectivity index (χ1v) is 8.65. The van der Waals surface area contributed by atoms with Gasteiger partial charge >= 0.3 is 0 Å². The predicted octanol–water partition coefficient (Wildman–Crippen LogP) is 5.17. The van der Waals surface area contributed by atoms with Crippen LogP contribution in [-0.4, -0.2) is 13.2 Å². The normalized spacial score (nSPS) is 11.0. The molecule has 2 heteroatoms. The van der Waals surface area contributed by atoms with E-state index >= 15 is 0 Å². The van der Waals surface area contributed by atoms with E-state index in [1.54, 1.807) is 0 Å². The second kappa shape index (κ2) is 11.6. The van der Waals surface area contributed by atoms with E-state index in [-0.39, 0.29) is 0 Å². The molecule has 0 saturated heterocycles. The maximum atomic E-state index is 5.88. The second-order valence-corrected chi connectivity index (χ2v) is 6.26. The van der Waals surface area contributed by atoms with E-state index in [2.05, 4.69) is 44.3 Å². The van der Waals surface area contributed by atoms with Crippen molar-refractivity contribution in [2.75, 3.05) is 13.2 Å². The average molecular weight is 291 g/mol. The molecule has 0 aromatic heterocycles. The quantitative estimate of drug-likeness (QED) is 0.536. The van der Waals surface area contributed by atoms with Gasteiger partial charge in [0.25, 0.3) is 0 Å². The summed E-state index contributed by atoms with van der Waals surface area (Å²) in [5.41, 5.74) is 1.27. The van der Waals surface area contributed by atoms with Crippen molar-refractivity contribution in [3.8, 4) is 5.75 Å². The van der Waals surface area contributed by atoms with Crippen LogP contribution in [0.1, 0.15) is 64.9 Å². The fraction of sp³-hybridized carbons (Fsp3) is 0.684. The van der Waals surface area contributed by atoms with Crippen LogP contribution >= 0.6 is 0 Å². The number of rotatable bonds is 12. The number of ether oxygens (including phenoxy) is 1. The van der Waals surface area contributed by atoms with Crippen LogP contribution in [-0.2, 0) is 6.54 Å². The minimum absolute atomic E-state index is 0.564. The Labute approximate surface area is 131 Å². The molecule has 21 heavy (non-hydrogen) atoms. The molecule has 1 rings (SSSR count). The number of unbranched alkanes of at least 4 members (excludes halogenated alkanes) is 5. The fourth-order valence-corrected chi connectivity index (χ4v) is 2.30. The summed E-state index contributed by atoms with van der Waals surface area (Å²) in [5.74, 6) is 1.59. The highest BCUT2D eigenvalue weighted by molar-refractivity contribution is 5.33. The molecule has 2 nitrogen and oxygen atoms in total. The van der Waals surface area contributed by atoms with Crippen molar-refractivity contribution in [2.45, 2.75) is 65.8 Å². The van der Waals surface area contributed by atoms with Gasteiger partial charge in [0.15, 0.2) is 0 Å². The zero-order valence-electron chi connectivity index (χ0n) is 14.2. The summed E-state index contributed by atoms with van der Waals surface area (Å²) in [6, 6.07) is 8.37. The highest BCUT2D eigenvalue weighted by Gasteiger charge is 2.03. The van der Waals surface area contributed by atoms with Crippen molar-refractivity contribution in [3.63, 3.8) is 0 Å². The molecule has 0 unspecified atom stereocenters. The molecule has 0 heterocycles. The lowest BCUT2D eigenvalue weighted by molar-refractivity contribution is 0.268. The third-order valence-corrected chi connectivity index (χ3v) is 3.57. The molecule has 120 valence electrons. The van der Waals surface area contributed by atoms with Crippen molar-refractivity contribution < 1.29 is 4.74 Å². The van der Waals surface area contributed by atoms with Crippen LogP contribution in [0.15, 0.2) is 24.3 Å². The number of hydrogen-bond acceptors (Lipinski definition) is 2. The van der Waals surface area contributed by atoms with Gasteiger partial charge in [-0.25, -0.2) is 0 Å². The Bertz CT molecular complexity index is 362. The predicted molar refractivity (Wildman–Crippen MR) is 91.9 cm³/mol. The Hall–Kier alpha value is -1.02. The third kappa shape index (κ3) is 8.77. The van der Waals surface area contributed by atoms with Gasteiger partial charge in [-0.1, -0.05) is 71.1 Å². The third-order valence-electron chi connectivity index (χ3n) is 3.57. The molecule has 0 amide bonds. The molecule has 0 fully saturated rings. The molecule has 1 aromatic carbocycles. The van der Waals surface area contributed by atoms with Crippen molar-refractivity contribution in [3.05, 3.63) is 29.8 Å². The number of nitrogens with one attached hydrogen (secondary N) is 1. The first-order chi connectivity index (χ1) is 10.2. The van der Waals surface area contributed by atoms with Gasteiger partial charge in [-0.2, -0.15) is 0 Å². The van der Waals surface area contributed by atoms with Crippen LogP contribution < -0.4 is 10.1 Å². The summed E-state index contributed by atoms with van der Waals surface area (Å²) in [4.78, 5) is 0. The van der Waals surface area contributed by atoms with Gasteiger partial charge in [-0.3, -0.25) is 0 Å². The smallest absolute Gasteiger partial charge is 0.123 e. The van der Waals surface area contributed by atoms with Crippen LogP contribution in [0.25, 0.3) is 0 Å². The summed E-state index contributed by atoms with van der Waals surface area (Å²) in [6.45, 7) is 9.42. The highest BCUT2D eigenvalue weighted by Crippen LogP contribution is 2.18. The van der Waals surface area contributed by atoms with Gasteiger partial charge in [0, 0.05) is 12.1 Å². The maximum Gasteiger partial charge on any atom is 0.123 e. The van der Waals surface area contributed by atoms with Crippen molar-refractivity contribution >= 4 is 0 Å². The van der Waals surface area contributed by atoms with Crippen LogP contribution in [0.4, 0.5) is 0 Å². The molecule has 0 bridgehead atoms. The SMILES string of the molecule is CCCCCCCCNCc1ccccc1OCC(C)C. The van der Waals surface area contributed by atoms with E-state index in [4.69, 9.17) is 4.74 Å². The van der Waals surface area contributed by atoms with Gasteiger partial charge in [-0.05, 0) is 24.9 Å². The van der Waals surface area contributed by atoms with Gasteiger partial charge in [0.1, 0.15) is 5.75 Å². The zero-order valence-corrected chi connectivity index (χ0v) is 14.2. The lowest BCUT2D eigenvalue weighted by Crippen LogP contribution is -2.16. The van der Waals surface area contributed by atoms with Gasteiger partial charge in [-0.15, -0.1) is 0 Å². The van der Waals surface area contributed by atoms with E-state index in [0.29, 0.717) is 5.92 Å². The van der Waals surface area contributed by atoms with Crippen molar-refractivity contribution in [1.29, 1.82) is 0 Å². The molecule has 1 N–H and O–H groups in total. The maximum absolute atomic E-state index is 5.88. The minimum atomic E-state index is 0.564. The summed E-state index contributed by atoms with van der Waals surface area (Å²) in [5, 5.41) is 3.54. The topological polar surface area (TPSA) is 21.3 Å². The van der Waals surface area contributed by atoms with Gasteiger partial charge < -0.3 is 10.1 Å². The number of benzene rings is 1. The van der Waals surface area contributed by atoms with Crippen molar-refractivity contribution in [2.24, 2.45) is 5.92 Å². The van der Waals surface area contributed by atoms with E-state index in [1.165, 1.54) is 44.1 Å². The van der Waals surface area contributed by atoms with Crippen LogP contribution in [0.3, 0.4) is 0 Å². The Kier molecular flexibility index (Phi) is 9.98. The number of hydrogen-bond donors (Lipinski definition) is 1. The Morgan fingerprint density at radius 3 is 2.48 bits per heavy atom. The minimum Gasteiger partial charge on any atom is -0.493 e. The van der Waals surface area contributed by atoms with Crippen molar-refractivity contribution in [1.82, 2.24) is 5.32 Å². The molecule has 0 radical (unpaired) electrons. The fourth-order valence-electron chi connectivity index (χ4n) is 2.30. The zero-order chi connectivity index (χ0) is 15.3. The largest absolute Gasteiger partial charge is 0.493 e. The summed E-state index contributed by atoms with van der Waals surface area (Å²) in [7, 11) is 0. The first kappa shape index (κ1) is 18.0. The summed E-state index contributed by atoms with van der Waals surface area (Å²) < 4.78 is 5.88. The van der Waals surface area contributed by atoms with Crippen LogP contribution in [0.2, 0.25) is 0 Å². The lowest BCUT2D eigenvalue weighted by atomic mass is 10.1. The first-order valence-electron chi connectivity index (χ1n) is 8.65. The monoisotopic (exact) mass is 291 g/mol.